The van der Waals surface area contributed by atoms with Crippen molar-refractivity contribution in [2.24, 2.45) is 0 Å². The highest BCUT2D eigenvalue weighted by Crippen LogP contribution is 2.37. The predicted molar refractivity (Wildman–Crippen MR) is 183 cm³/mol. The molecule has 2 aromatic heterocycles. The van der Waals surface area contributed by atoms with Crippen LogP contribution in [0.4, 0.5) is 10.2 Å². The lowest BCUT2D eigenvalue weighted by Crippen LogP contribution is -2.61. The number of fused-ring (bicyclic) bond motifs is 1. The van der Waals surface area contributed by atoms with Gasteiger partial charge in [0.05, 0.1) is 11.4 Å². The van der Waals surface area contributed by atoms with Gasteiger partial charge in [-0.2, -0.15) is 10.4 Å². The summed E-state index contributed by atoms with van der Waals surface area (Å²) in [7, 11) is 2.12. The molecule has 48 heavy (non-hydrogen) atoms. The Balaban J connectivity index is 1.27. The van der Waals surface area contributed by atoms with Gasteiger partial charge in [0.25, 0.3) is 5.91 Å². The maximum Gasteiger partial charge on any atom is 0.264 e. The fourth-order valence-electron chi connectivity index (χ4n) is 7.00. The third-order valence-corrected chi connectivity index (χ3v) is 9.61. The van der Waals surface area contributed by atoms with E-state index in [0.29, 0.717) is 60.2 Å². The van der Waals surface area contributed by atoms with E-state index >= 15 is 4.39 Å². The van der Waals surface area contributed by atoms with Crippen LogP contribution in [0.3, 0.4) is 0 Å². The number of carbonyl (C=O) groups is 1. The van der Waals surface area contributed by atoms with Crippen molar-refractivity contribution < 1.29 is 13.9 Å². The van der Waals surface area contributed by atoms with Crippen molar-refractivity contribution in [1.82, 2.24) is 34.4 Å². The molecule has 2 saturated heterocycles. The van der Waals surface area contributed by atoms with Crippen LogP contribution in [0.1, 0.15) is 46.6 Å². The highest BCUT2D eigenvalue weighted by molar-refractivity contribution is 5.99. The zero-order valence-corrected chi connectivity index (χ0v) is 28.1. The van der Waals surface area contributed by atoms with Crippen LogP contribution in [0.15, 0.2) is 66.5 Å². The summed E-state index contributed by atoms with van der Waals surface area (Å²) in [5.74, 6) is 0.274. The van der Waals surface area contributed by atoms with Crippen LogP contribution in [-0.4, -0.2) is 91.2 Å². The third-order valence-electron chi connectivity index (χ3n) is 9.61. The first-order chi connectivity index (χ1) is 23.0. The molecule has 2 aromatic carbocycles. The number of hydrogen-bond acceptors (Lipinski definition) is 9. The van der Waals surface area contributed by atoms with Crippen molar-refractivity contribution in [2.45, 2.75) is 64.2 Å². The first-order valence-electron chi connectivity index (χ1n) is 16.4. The normalized spacial score (nSPS) is 21.3. The number of aromatic nitrogens is 4. The number of piperazine rings is 1. The summed E-state index contributed by atoms with van der Waals surface area (Å²) in [6.07, 6.45) is 4.58. The van der Waals surface area contributed by atoms with Gasteiger partial charge >= 0.3 is 0 Å². The maximum atomic E-state index is 15.7. The van der Waals surface area contributed by atoms with Gasteiger partial charge in [0.15, 0.2) is 5.65 Å². The van der Waals surface area contributed by atoms with Crippen LogP contribution in [-0.2, 0) is 4.79 Å². The minimum Gasteiger partial charge on any atom is -0.457 e. The molecule has 0 bridgehead atoms. The molecule has 3 atom stereocenters. The van der Waals surface area contributed by atoms with Crippen LogP contribution in [0.2, 0.25) is 0 Å². The average Bonchev–Trinajstić information content (AvgIpc) is 3.46. The van der Waals surface area contributed by atoms with Crippen molar-refractivity contribution in [3.63, 3.8) is 0 Å². The lowest BCUT2D eigenvalue weighted by Gasteiger charge is -2.49. The van der Waals surface area contributed by atoms with Crippen LogP contribution in [0.25, 0.3) is 22.3 Å². The number of nitrogens with zero attached hydrogens (tertiary/aromatic N) is 8. The Morgan fingerprint density at radius 1 is 1.08 bits per heavy atom. The molecule has 0 radical (unpaired) electrons. The number of nitriles is 1. The number of ether oxygens (including phenoxy) is 1. The zero-order chi connectivity index (χ0) is 34.2. The number of carbonyl (C=O) groups excluding carboxylic acids is 1. The molecular formula is C36H42FN9O2. The Hall–Kier alpha value is -4.86. The van der Waals surface area contributed by atoms with E-state index in [0.717, 1.165) is 13.1 Å². The van der Waals surface area contributed by atoms with Crippen LogP contribution in [0.5, 0.6) is 11.5 Å². The van der Waals surface area contributed by atoms with E-state index in [9.17, 15) is 10.1 Å². The lowest BCUT2D eigenvalue weighted by molar-refractivity contribution is -0.128. The van der Waals surface area contributed by atoms with Crippen LogP contribution in [0, 0.1) is 17.1 Å². The van der Waals surface area contributed by atoms with E-state index in [4.69, 9.17) is 15.6 Å². The molecule has 2 aliphatic heterocycles. The standard InChI is InChI=1S/C36H42FN9O2/c1-23-20-45(24(2)19-43(23)5)36(3,4)17-25(18-38)35(47)44-15-9-10-26(21-44)46-34-31(33(39)40-22-41-34)32(42-46)29-14-13-28(16-30(29)37)48-27-11-7-6-8-12-27/h6-8,11-14,16-17,22-24,26H,9-10,15,19-21H2,1-5H3,(H2,39,40,41)/b25-17+/t23-,24+,26-/m1/s1. The molecule has 12 heteroatoms. The monoisotopic (exact) mass is 651 g/mol. The largest absolute Gasteiger partial charge is 0.457 e. The first kappa shape index (κ1) is 33.1. The first-order valence-corrected chi connectivity index (χ1v) is 16.4. The number of piperidine rings is 1. The van der Waals surface area contributed by atoms with Crippen molar-refractivity contribution >= 4 is 22.8 Å². The Labute approximate surface area is 280 Å². The average molecular weight is 652 g/mol. The Morgan fingerprint density at radius 3 is 2.58 bits per heavy atom. The molecule has 6 rings (SSSR count). The summed E-state index contributed by atoms with van der Waals surface area (Å²) in [5, 5.41) is 15.5. The number of amides is 1. The molecule has 1 amide bonds. The molecule has 2 N–H and O–H groups in total. The smallest absolute Gasteiger partial charge is 0.264 e. The summed E-state index contributed by atoms with van der Waals surface area (Å²) in [6.45, 7) is 11.1. The second kappa shape index (κ2) is 13.3. The maximum absolute atomic E-state index is 15.7. The van der Waals surface area contributed by atoms with Gasteiger partial charge in [0.1, 0.15) is 46.8 Å². The second-order valence-corrected chi connectivity index (χ2v) is 13.5. The molecular weight excluding hydrogens is 609 g/mol. The Kier molecular flexibility index (Phi) is 9.18. The van der Waals surface area contributed by atoms with E-state index in [2.05, 4.69) is 60.6 Å². The summed E-state index contributed by atoms with van der Waals surface area (Å²) >= 11 is 0. The number of nitrogen functional groups attached to an aromatic ring is 1. The number of hydrogen-bond donors (Lipinski definition) is 1. The number of rotatable bonds is 7. The van der Waals surface area contributed by atoms with Crippen molar-refractivity contribution in [3.05, 3.63) is 72.3 Å². The van der Waals surface area contributed by atoms with Gasteiger partial charge in [-0.05, 0) is 77.9 Å². The van der Waals surface area contributed by atoms with Gasteiger partial charge in [-0.1, -0.05) is 18.2 Å². The zero-order valence-electron chi connectivity index (χ0n) is 28.1. The van der Waals surface area contributed by atoms with E-state index in [-0.39, 0.29) is 34.9 Å². The number of anilines is 1. The fourth-order valence-corrected chi connectivity index (χ4v) is 7.00. The van der Waals surface area contributed by atoms with Crippen molar-refractivity contribution in [3.8, 4) is 28.8 Å². The molecule has 11 nitrogen and oxygen atoms in total. The number of likely N-dealkylation sites (tertiary alicyclic amines) is 1. The molecule has 0 spiro atoms. The van der Waals surface area contributed by atoms with E-state index in [1.165, 1.54) is 12.4 Å². The lowest BCUT2D eigenvalue weighted by atomic mass is 9.93. The van der Waals surface area contributed by atoms with E-state index in [1.807, 2.05) is 24.3 Å². The summed E-state index contributed by atoms with van der Waals surface area (Å²) in [4.78, 5) is 29.0. The van der Waals surface area contributed by atoms with Gasteiger partial charge in [-0.3, -0.25) is 9.69 Å². The predicted octanol–water partition coefficient (Wildman–Crippen LogP) is 5.42. The summed E-state index contributed by atoms with van der Waals surface area (Å²) < 4.78 is 23.2. The topological polar surface area (TPSA) is 129 Å². The van der Waals surface area contributed by atoms with Gasteiger partial charge in [-0.25, -0.2) is 19.0 Å². The SMILES string of the molecule is C[C@@H]1CN(C(C)(C)/C=C(\C#N)C(=O)N2CCC[C@@H](n3nc(-c4ccc(Oc5ccccc5)cc4F)c4c(N)ncnc43)C2)[C@@H](C)CN1C. The highest BCUT2D eigenvalue weighted by Gasteiger charge is 2.37. The molecule has 2 fully saturated rings. The summed E-state index contributed by atoms with van der Waals surface area (Å²) in [6, 6.07) is 16.3. The minimum atomic E-state index is -0.533. The number of para-hydroxylation sites is 1. The number of likely N-dealkylation sites (N-methyl/N-ethyl adjacent to an activating group) is 1. The van der Waals surface area contributed by atoms with Gasteiger partial charge in [0.2, 0.25) is 0 Å². The number of nitrogens with two attached hydrogens (primary N) is 1. The molecule has 0 saturated carbocycles. The van der Waals surface area contributed by atoms with Crippen LogP contribution >= 0.6 is 0 Å². The van der Waals surface area contributed by atoms with Gasteiger partial charge < -0.3 is 20.3 Å². The third kappa shape index (κ3) is 6.48. The second-order valence-electron chi connectivity index (χ2n) is 13.5. The highest BCUT2D eigenvalue weighted by atomic mass is 19.1. The van der Waals surface area contributed by atoms with Crippen molar-refractivity contribution in [1.29, 1.82) is 5.26 Å². The molecule has 0 unspecified atom stereocenters. The van der Waals surface area contributed by atoms with Crippen molar-refractivity contribution in [2.75, 3.05) is 39.0 Å². The Morgan fingerprint density at radius 2 is 1.85 bits per heavy atom. The number of halogens is 1. The quantitative estimate of drug-likeness (QED) is 0.206. The number of benzene rings is 2. The fraction of sp³-hybridized carbons (Fsp3) is 0.417. The minimum absolute atomic E-state index is 0.122. The molecule has 250 valence electrons. The molecule has 0 aliphatic carbocycles. The molecule has 4 heterocycles. The van der Waals surface area contributed by atoms with Crippen LogP contribution < -0.4 is 10.5 Å². The summed E-state index contributed by atoms with van der Waals surface area (Å²) in [5.41, 5.74) is 6.95. The van der Waals surface area contributed by atoms with E-state index in [1.54, 1.807) is 33.8 Å². The van der Waals surface area contributed by atoms with E-state index < -0.39 is 11.4 Å². The Bertz CT molecular complexity index is 1880. The molecule has 2 aliphatic rings. The molecule has 4 aromatic rings. The van der Waals surface area contributed by atoms with Gasteiger partial charge in [-0.15, -0.1) is 0 Å². The van der Waals surface area contributed by atoms with Gasteiger partial charge in [0, 0.05) is 55.4 Å².